The molecule has 1 unspecified atom stereocenters. The Morgan fingerprint density at radius 1 is 1.43 bits per heavy atom. The van der Waals surface area contributed by atoms with E-state index in [1.54, 1.807) is 13.2 Å². The second-order valence-corrected chi connectivity index (χ2v) is 7.26. The molecule has 1 aromatic heterocycles. The van der Waals surface area contributed by atoms with Crippen LogP contribution in [0, 0.1) is 23.6 Å². The number of hydrogen-bond donors (Lipinski definition) is 0. The molecule has 28 heavy (non-hydrogen) atoms. The first-order valence-electron chi connectivity index (χ1n) is 9.38. The standard InChI is InChI=1S/C22H25FN2O3/c1-4-11-25-12-10-22(15-25,21(26)28-3)9-5-6-17-18-13-16(27-2)7-8-20(18)24-14-19(17)23/h1,7-8,13-14H,5-6,9-12,15H2,2-3H3. The molecular weight excluding hydrogens is 359 g/mol. The van der Waals surface area contributed by atoms with E-state index in [0.717, 1.165) is 17.4 Å². The number of carbonyl (C=O) groups excluding carboxylic acids is 1. The summed E-state index contributed by atoms with van der Waals surface area (Å²) in [6.45, 7) is 1.86. The van der Waals surface area contributed by atoms with Gasteiger partial charge in [0.1, 0.15) is 11.6 Å². The Balaban J connectivity index is 1.79. The monoisotopic (exact) mass is 384 g/mol. The summed E-state index contributed by atoms with van der Waals surface area (Å²) in [5.74, 6) is 2.74. The summed E-state index contributed by atoms with van der Waals surface area (Å²) in [4.78, 5) is 18.7. The molecule has 1 fully saturated rings. The number of rotatable bonds is 7. The van der Waals surface area contributed by atoms with Crippen LogP contribution in [0.2, 0.25) is 0 Å². The third-order valence-corrected chi connectivity index (χ3v) is 5.58. The van der Waals surface area contributed by atoms with Gasteiger partial charge in [-0.2, -0.15) is 0 Å². The van der Waals surface area contributed by atoms with E-state index in [-0.39, 0.29) is 11.8 Å². The van der Waals surface area contributed by atoms with Crippen LogP contribution in [0.5, 0.6) is 5.75 Å². The highest BCUT2D eigenvalue weighted by Crippen LogP contribution is 2.37. The third-order valence-electron chi connectivity index (χ3n) is 5.58. The smallest absolute Gasteiger partial charge is 0.313 e. The van der Waals surface area contributed by atoms with E-state index < -0.39 is 5.41 Å². The number of methoxy groups -OCH3 is 2. The van der Waals surface area contributed by atoms with Crippen LogP contribution in [0.4, 0.5) is 4.39 Å². The maximum absolute atomic E-state index is 14.5. The van der Waals surface area contributed by atoms with E-state index >= 15 is 0 Å². The van der Waals surface area contributed by atoms with Crippen LogP contribution >= 0.6 is 0 Å². The number of esters is 1. The van der Waals surface area contributed by atoms with Crippen LogP contribution in [0.1, 0.15) is 24.8 Å². The van der Waals surface area contributed by atoms with Crippen molar-refractivity contribution in [1.82, 2.24) is 9.88 Å². The van der Waals surface area contributed by atoms with Gasteiger partial charge in [-0.05, 0) is 49.4 Å². The first kappa shape index (κ1) is 20.1. The van der Waals surface area contributed by atoms with E-state index in [9.17, 15) is 9.18 Å². The van der Waals surface area contributed by atoms with Crippen LogP contribution < -0.4 is 4.74 Å². The minimum atomic E-state index is -0.581. The number of fused-ring (bicyclic) bond motifs is 1. The van der Waals surface area contributed by atoms with Crippen LogP contribution in [-0.2, 0) is 16.0 Å². The lowest BCUT2D eigenvalue weighted by Gasteiger charge is -2.26. The molecule has 1 atom stereocenters. The summed E-state index contributed by atoms with van der Waals surface area (Å²) in [6, 6.07) is 5.44. The van der Waals surface area contributed by atoms with Crippen molar-refractivity contribution in [2.75, 3.05) is 33.9 Å². The molecule has 1 aromatic carbocycles. The maximum Gasteiger partial charge on any atom is 0.313 e. The van der Waals surface area contributed by atoms with Gasteiger partial charge in [0, 0.05) is 18.5 Å². The Kier molecular flexibility index (Phi) is 6.15. The highest BCUT2D eigenvalue weighted by molar-refractivity contribution is 5.83. The Hall–Kier alpha value is -2.65. The van der Waals surface area contributed by atoms with Crippen molar-refractivity contribution in [2.24, 2.45) is 5.41 Å². The molecule has 0 spiro atoms. The van der Waals surface area contributed by atoms with Crippen LogP contribution in [0.15, 0.2) is 24.4 Å². The Morgan fingerprint density at radius 3 is 2.96 bits per heavy atom. The average Bonchev–Trinajstić information content (AvgIpc) is 3.13. The van der Waals surface area contributed by atoms with Gasteiger partial charge in [-0.15, -0.1) is 6.42 Å². The number of nitrogens with zero attached hydrogens (tertiary/aromatic N) is 2. The van der Waals surface area contributed by atoms with E-state index in [4.69, 9.17) is 15.9 Å². The van der Waals surface area contributed by atoms with Crippen molar-refractivity contribution in [1.29, 1.82) is 0 Å². The molecule has 1 aliphatic heterocycles. The molecule has 1 aliphatic rings. The van der Waals surface area contributed by atoms with Crippen molar-refractivity contribution in [3.8, 4) is 18.1 Å². The molecule has 0 aliphatic carbocycles. The molecule has 0 amide bonds. The summed E-state index contributed by atoms with van der Waals surface area (Å²) in [7, 11) is 2.99. The summed E-state index contributed by atoms with van der Waals surface area (Å²) in [5.41, 5.74) is 0.742. The second-order valence-electron chi connectivity index (χ2n) is 7.26. The van der Waals surface area contributed by atoms with E-state index in [0.29, 0.717) is 50.1 Å². The normalized spacial score (nSPS) is 19.5. The fourth-order valence-corrected chi connectivity index (χ4v) is 4.10. The van der Waals surface area contributed by atoms with Gasteiger partial charge in [0.05, 0.1) is 37.9 Å². The summed E-state index contributed by atoms with van der Waals surface area (Å²) in [5, 5.41) is 0.742. The molecule has 2 aromatic rings. The maximum atomic E-state index is 14.5. The van der Waals surface area contributed by atoms with Gasteiger partial charge >= 0.3 is 5.97 Å². The molecule has 148 valence electrons. The van der Waals surface area contributed by atoms with Crippen LogP contribution in [-0.4, -0.2) is 49.7 Å². The zero-order valence-electron chi connectivity index (χ0n) is 16.3. The zero-order valence-corrected chi connectivity index (χ0v) is 16.3. The number of benzene rings is 1. The van der Waals surface area contributed by atoms with E-state index in [1.807, 2.05) is 12.1 Å². The topological polar surface area (TPSA) is 51.7 Å². The zero-order chi connectivity index (χ0) is 20.1. The molecule has 1 saturated heterocycles. The Bertz CT molecular complexity index is 909. The lowest BCUT2D eigenvalue weighted by molar-refractivity contribution is -0.152. The largest absolute Gasteiger partial charge is 0.497 e. The average molecular weight is 384 g/mol. The van der Waals surface area contributed by atoms with Crippen molar-refractivity contribution in [3.05, 3.63) is 35.8 Å². The van der Waals surface area contributed by atoms with Crippen molar-refractivity contribution >= 4 is 16.9 Å². The van der Waals surface area contributed by atoms with Gasteiger partial charge in [-0.3, -0.25) is 14.7 Å². The molecular formula is C22H25FN2O3. The fraction of sp³-hybridized carbons (Fsp3) is 0.455. The highest BCUT2D eigenvalue weighted by atomic mass is 19.1. The number of pyridine rings is 1. The molecule has 0 saturated carbocycles. The van der Waals surface area contributed by atoms with Gasteiger partial charge < -0.3 is 9.47 Å². The molecule has 0 N–H and O–H groups in total. The molecule has 5 nitrogen and oxygen atoms in total. The van der Waals surface area contributed by atoms with Gasteiger partial charge in [0.2, 0.25) is 0 Å². The molecule has 0 bridgehead atoms. The molecule has 2 heterocycles. The highest BCUT2D eigenvalue weighted by Gasteiger charge is 2.44. The second kappa shape index (κ2) is 8.57. The SMILES string of the molecule is C#CCN1CCC(CCCc2c(F)cnc3ccc(OC)cc23)(C(=O)OC)C1. The Morgan fingerprint density at radius 2 is 2.25 bits per heavy atom. The van der Waals surface area contributed by atoms with Gasteiger partial charge in [0.15, 0.2) is 0 Å². The quantitative estimate of drug-likeness (QED) is 0.542. The van der Waals surface area contributed by atoms with Crippen molar-refractivity contribution < 1.29 is 18.7 Å². The number of hydrogen-bond acceptors (Lipinski definition) is 5. The van der Waals surface area contributed by atoms with Gasteiger partial charge in [-0.1, -0.05) is 5.92 Å². The number of aromatic nitrogens is 1. The lowest BCUT2D eigenvalue weighted by atomic mass is 9.81. The van der Waals surface area contributed by atoms with E-state index in [1.165, 1.54) is 13.3 Å². The minimum absolute atomic E-state index is 0.214. The molecule has 0 radical (unpaired) electrons. The first-order valence-corrected chi connectivity index (χ1v) is 9.38. The van der Waals surface area contributed by atoms with Gasteiger partial charge in [-0.25, -0.2) is 4.39 Å². The number of ether oxygens (including phenoxy) is 2. The number of aryl methyl sites for hydroxylation is 1. The predicted octanol–water partition coefficient (Wildman–Crippen LogP) is 3.20. The fourth-order valence-electron chi connectivity index (χ4n) is 4.10. The van der Waals surface area contributed by atoms with Crippen molar-refractivity contribution in [2.45, 2.75) is 25.7 Å². The van der Waals surface area contributed by atoms with Crippen LogP contribution in [0.25, 0.3) is 10.9 Å². The Labute approximate surface area is 164 Å². The van der Waals surface area contributed by atoms with Crippen molar-refractivity contribution in [3.63, 3.8) is 0 Å². The third kappa shape index (κ3) is 3.95. The number of terminal acetylenes is 1. The summed E-state index contributed by atoms with van der Waals surface area (Å²) in [6.07, 6.45) is 9.15. The molecule has 6 heteroatoms. The molecule has 3 rings (SSSR count). The minimum Gasteiger partial charge on any atom is -0.497 e. The number of halogens is 1. The summed E-state index contributed by atoms with van der Waals surface area (Å²) >= 11 is 0. The van der Waals surface area contributed by atoms with Crippen LogP contribution in [0.3, 0.4) is 0 Å². The lowest BCUT2D eigenvalue weighted by Crippen LogP contribution is -2.36. The number of likely N-dealkylation sites (tertiary alicyclic amines) is 1. The first-order chi connectivity index (χ1) is 13.5. The van der Waals surface area contributed by atoms with E-state index in [2.05, 4.69) is 15.8 Å². The number of carbonyl (C=O) groups is 1. The van der Waals surface area contributed by atoms with Gasteiger partial charge in [0.25, 0.3) is 0 Å². The summed E-state index contributed by atoms with van der Waals surface area (Å²) < 4.78 is 24.9. The predicted molar refractivity (Wildman–Crippen MR) is 106 cm³/mol.